The van der Waals surface area contributed by atoms with Crippen molar-refractivity contribution >= 4 is 18.0 Å². The number of aliphatic carboxylic acids is 1. The number of ether oxygens (including phenoxy) is 1. The van der Waals surface area contributed by atoms with E-state index >= 15 is 0 Å². The third-order valence-electron chi connectivity index (χ3n) is 1.94. The SMILES string of the molecule is C#CCC(NC(=O)N(C)CC(=O)OCC)C(=O)O. The molecule has 0 saturated carbocycles. The first-order chi connectivity index (χ1) is 8.42. The summed E-state index contributed by atoms with van der Waals surface area (Å²) in [6.45, 7) is 1.59. The van der Waals surface area contributed by atoms with Crippen molar-refractivity contribution in [2.24, 2.45) is 0 Å². The molecule has 0 rings (SSSR count). The van der Waals surface area contributed by atoms with Crippen molar-refractivity contribution in [2.45, 2.75) is 19.4 Å². The fourth-order valence-electron chi connectivity index (χ4n) is 1.05. The van der Waals surface area contributed by atoms with Crippen molar-refractivity contribution < 1.29 is 24.2 Å². The standard InChI is InChI=1S/C11H16N2O5/c1-4-6-8(10(15)16)12-11(17)13(3)7-9(14)18-5-2/h1,8H,5-7H2,2-3H3,(H,12,17)(H,15,16). The van der Waals surface area contributed by atoms with Gasteiger partial charge < -0.3 is 20.1 Å². The Hall–Kier alpha value is -2.23. The lowest BCUT2D eigenvalue weighted by Gasteiger charge is -2.19. The number of hydrogen-bond donors (Lipinski definition) is 2. The highest BCUT2D eigenvalue weighted by Gasteiger charge is 2.21. The average Bonchev–Trinajstić information content (AvgIpc) is 2.28. The summed E-state index contributed by atoms with van der Waals surface area (Å²) in [5.74, 6) is 0.348. The number of carboxylic acids is 1. The Morgan fingerprint density at radius 1 is 1.50 bits per heavy atom. The molecule has 7 nitrogen and oxygen atoms in total. The van der Waals surface area contributed by atoms with Crippen molar-refractivity contribution in [3.63, 3.8) is 0 Å². The van der Waals surface area contributed by atoms with Gasteiger partial charge in [-0.15, -0.1) is 12.3 Å². The van der Waals surface area contributed by atoms with Gasteiger partial charge in [0.15, 0.2) is 0 Å². The second-order valence-corrected chi connectivity index (χ2v) is 3.41. The lowest BCUT2D eigenvalue weighted by atomic mass is 10.2. The summed E-state index contributed by atoms with van der Waals surface area (Å²) in [5, 5.41) is 11.0. The van der Waals surface area contributed by atoms with Crippen LogP contribution in [0.25, 0.3) is 0 Å². The van der Waals surface area contributed by atoms with Crippen molar-refractivity contribution in [3.05, 3.63) is 0 Å². The van der Waals surface area contributed by atoms with Gasteiger partial charge in [0.05, 0.1) is 6.61 Å². The molecule has 7 heteroatoms. The van der Waals surface area contributed by atoms with Gasteiger partial charge in [0, 0.05) is 13.5 Å². The second-order valence-electron chi connectivity index (χ2n) is 3.41. The number of nitrogens with zero attached hydrogens (tertiary/aromatic N) is 1. The van der Waals surface area contributed by atoms with Gasteiger partial charge in [0.1, 0.15) is 12.6 Å². The number of rotatable bonds is 6. The van der Waals surface area contributed by atoms with E-state index in [0.717, 1.165) is 4.90 Å². The van der Waals surface area contributed by atoms with Gasteiger partial charge in [-0.05, 0) is 6.92 Å². The number of carboxylic acid groups (broad SMARTS) is 1. The minimum Gasteiger partial charge on any atom is -0.480 e. The van der Waals surface area contributed by atoms with Gasteiger partial charge in [-0.3, -0.25) is 4.79 Å². The molecule has 100 valence electrons. The lowest BCUT2D eigenvalue weighted by Crippen LogP contribution is -2.47. The van der Waals surface area contributed by atoms with E-state index in [0.29, 0.717) is 0 Å². The van der Waals surface area contributed by atoms with Gasteiger partial charge in [-0.2, -0.15) is 0 Å². The van der Waals surface area contributed by atoms with Crippen LogP contribution in [0, 0.1) is 12.3 Å². The number of hydrogen-bond acceptors (Lipinski definition) is 4. The van der Waals surface area contributed by atoms with Gasteiger partial charge in [-0.1, -0.05) is 0 Å². The number of esters is 1. The van der Waals surface area contributed by atoms with Crippen LogP contribution >= 0.6 is 0 Å². The minimum absolute atomic E-state index is 0.131. The lowest BCUT2D eigenvalue weighted by molar-refractivity contribution is -0.143. The summed E-state index contributed by atoms with van der Waals surface area (Å²) in [6.07, 6.45) is 4.86. The quantitative estimate of drug-likeness (QED) is 0.501. The number of urea groups is 1. The number of nitrogens with one attached hydrogen (secondary N) is 1. The Bertz CT molecular complexity index is 361. The van der Waals surface area contributed by atoms with E-state index in [4.69, 9.17) is 11.5 Å². The largest absolute Gasteiger partial charge is 0.480 e. The topological polar surface area (TPSA) is 95.9 Å². The maximum atomic E-state index is 11.5. The van der Waals surface area contributed by atoms with Crippen LogP contribution < -0.4 is 5.32 Å². The van der Waals surface area contributed by atoms with Crippen molar-refractivity contribution in [1.82, 2.24) is 10.2 Å². The predicted octanol–water partition coefficient (Wildman–Crippen LogP) is -0.333. The molecule has 0 aliphatic rings. The van der Waals surface area contributed by atoms with Gasteiger partial charge >= 0.3 is 18.0 Å². The zero-order valence-electron chi connectivity index (χ0n) is 10.3. The summed E-state index contributed by atoms with van der Waals surface area (Å²) in [6, 6.07) is -1.88. The van der Waals surface area contributed by atoms with Crippen LogP contribution in [0.15, 0.2) is 0 Å². The van der Waals surface area contributed by atoms with Crippen molar-refractivity contribution in [1.29, 1.82) is 0 Å². The number of amides is 2. The molecule has 2 N–H and O–H groups in total. The number of terminal acetylenes is 1. The van der Waals surface area contributed by atoms with Crippen LogP contribution in [-0.4, -0.2) is 54.2 Å². The maximum absolute atomic E-state index is 11.5. The maximum Gasteiger partial charge on any atom is 0.327 e. The van der Waals surface area contributed by atoms with Gasteiger partial charge in [0.2, 0.25) is 0 Å². The molecule has 0 saturated heterocycles. The first-order valence-electron chi connectivity index (χ1n) is 5.25. The van der Waals surface area contributed by atoms with E-state index in [2.05, 4.69) is 16.0 Å². The second kappa shape index (κ2) is 7.95. The molecule has 0 aliphatic carbocycles. The Morgan fingerprint density at radius 2 is 2.11 bits per heavy atom. The number of likely N-dealkylation sites (N-methyl/N-ethyl adjacent to an activating group) is 1. The molecule has 0 aromatic rings. The molecular weight excluding hydrogens is 240 g/mol. The highest BCUT2D eigenvalue weighted by molar-refractivity contribution is 5.85. The Kier molecular flexibility index (Phi) is 6.96. The highest BCUT2D eigenvalue weighted by Crippen LogP contribution is 1.94. The average molecular weight is 256 g/mol. The molecule has 0 radical (unpaired) electrons. The summed E-state index contributed by atoms with van der Waals surface area (Å²) in [4.78, 5) is 34.4. The fraction of sp³-hybridized carbons (Fsp3) is 0.545. The zero-order chi connectivity index (χ0) is 14.1. The van der Waals surface area contributed by atoms with Crippen LogP contribution in [0.1, 0.15) is 13.3 Å². The zero-order valence-corrected chi connectivity index (χ0v) is 10.3. The molecule has 0 aliphatic heterocycles. The van der Waals surface area contributed by atoms with E-state index in [9.17, 15) is 14.4 Å². The van der Waals surface area contributed by atoms with E-state index in [1.807, 2.05) is 0 Å². The Labute approximate surface area is 105 Å². The third kappa shape index (κ3) is 5.75. The van der Waals surface area contributed by atoms with Crippen LogP contribution in [0.3, 0.4) is 0 Å². The molecule has 2 amide bonds. The third-order valence-corrected chi connectivity index (χ3v) is 1.94. The van der Waals surface area contributed by atoms with Crippen LogP contribution in [0.4, 0.5) is 4.79 Å². The number of carbonyl (C=O) groups excluding carboxylic acids is 2. The number of carbonyl (C=O) groups is 3. The highest BCUT2D eigenvalue weighted by atomic mass is 16.5. The van der Waals surface area contributed by atoms with Crippen LogP contribution in [0.2, 0.25) is 0 Å². The Balaban J connectivity index is 4.33. The molecule has 0 aromatic heterocycles. The van der Waals surface area contributed by atoms with E-state index < -0.39 is 24.0 Å². The van der Waals surface area contributed by atoms with E-state index in [1.165, 1.54) is 7.05 Å². The summed E-state index contributed by atoms with van der Waals surface area (Å²) >= 11 is 0. The minimum atomic E-state index is -1.23. The molecule has 0 bridgehead atoms. The van der Waals surface area contributed by atoms with Crippen LogP contribution in [0.5, 0.6) is 0 Å². The summed E-state index contributed by atoms with van der Waals surface area (Å²) < 4.78 is 4.65. The molecule has 0 fully saturated rings. The monoisotopic (exact) mass is 256 g/mol. The Morgan fingerprint density at radius 3 is 2.56 bits per heavy atom. The first-order valence-corrected chi connectivity index (χ1v) is 5.25. The molecule has 0 spiro atoms. The molecule has 0 heterocycles. The smallest absolute Gasteiger partial charge is 0.327 e. The van der Waals surface area contributed by atoms with Gasteiger partial charge in [0.25, 0.3) is 0 Å². The van der Waals surface area contributed by atoms with Crippen LogP contribution in [-0.2, 0) is 14.3 Å². The first kappa shape index (κ1) is 15.8. The molecule has 18 heavy (non-hydrogen) atoms. The fourth-order valence-corrected chi connectivity index (χ4v) is 1.05. The van der Waals surface area contributed by atoms with Crippen molar-refractivity contribution in [3.8, 4) is 12.3 Å². The predicted molar refractivity (Wildman–Crippen MR) is 62.7 cm³/mol. The molecular formula is C11H16N2O5. The summed E-state index contributed by atoms with van der Waals surface area (Å²) in [7, 11) is 1.35. The summed E-state index contributed by atoms with van der Waals surface area (Å²) in [5.41, 5.74) is 0. The van der Waals surface area contributed by atoms with Gasteiger partial charge in [-0.25, -0.2) is 9.59 Å². The van der Waals surface area contributed by atoms with E-state index in [-0.39, 0.29) is 19.6 Å². The molecule has 0 aromatic carbocycles. The molecule has 1 unspecified atom stereocenters. The van der Waals surface area contributed by atoms with Crippen molar-refractivity contribution in [2.75, 3.05) is 20.2 Å². The normalized spacial score (nSPS) is 10.9. The van der Waals surface area contributed by atoms with E-state index in [1.54, 1.807) is 6.92 Å². The molecule has 1 atom stereocenters.